The first-order valence-electron chi connectivity index (χ1n) is 6.09. The molecule has 1 aliphatic heterocycles. The Morgan fingerprint density at radius 2 is 2.17 bits per heavy atom. The zero-order chi connectivity index (χ0) is 13.3. The lowest BCUT2D eigenvalue weighted by molar-refractivity contribution is -0.147. The third-order valence-corrected chi connectivity index (χ3v) is 3.36. The van der Waals surface area contributed by atoms with Crippen LogP contribution in [0.4, 0.5) is 0 Å². The third kappa shape index (κ3) is 2.37. The molecule has 98 valence electrons. The van der Waals surface area contributed by atoms with Gasteiger partial charge in [-0.15, -0.1) is 0 Å². The van der Waals surface area contributed by atoms with Crippen LogP contribution >= 0.6 is 0 Å². The Labute approximate surface area is 106 Å². The van der Waals surface area contributed by atoms with Crippen LogP contribution in [0.3, 0.4) is 0 Å². The standard InChI is InChI=1S/C12H18N4O2/c1-8-3-4-10(9-5-6-15(2)14-9)16(7-8)12(18)11(13)17/h5-6,8,10H,3-4,7H2,1-2H3,(H2,13,17). The molecule has 2 N–H and O–H groups in total. The highest BCUT2D eigenvalue weighted by molar-refractivity contribution is 6.34. The summed E-state index contributed by atoms with van der Waals surface area (Å²) in [6.07, 6.45) is 3.67. The van der Waals surface area contributed by atoms with Crippen LogP contribution < -0.4 is 5.73 Å². The van der Waals surface area contributed by atoms with Gasteiger partial charge >= 0.3 is 11.8 Å². The first-order chi connectivity index (χ1) is 8.49. The molecule has 2 unspecified atom stereocenters. The molecule has 2 atom stereocenters. The highest BCUT2D eigenvalue weighted by Gasteiger charge is 2.34. The molecule has 2 heterocycles. The second-order valence-corrected chi connectivity index (χ2v) is 4.93. The van der Waals surface area contributed by atoms with Crippen molar-refractivity contribution in [2.45, 2.75) is 25.8 Å². The van der Waals surface area contributed by atoms with Gasteiger partial charge in [-0.05, 0) is 24.8 Å². The van der Waals surface area contributed by atoms with Gasteiger partial charge in [0, 0.05) is 19.8 Å². The SMILES string of the molecule is CC1CCC(c2ccn(C)n2)N(C(=O)C(N)=O)C1. The molecule has 2 rings (SSSR count). The largest absolute Gasteiger partial charge is 0.361 e. The molecular weight excluding hydrogens is 232 g/mol. The smallest absolute Gasteiger partial charge is 0.312 e. The Kier molecular flexibility index (Phi) is 3.36. The van der Waals surface area contributed by atoms with Crippen LogP contribution in [0.25, 0.3) is 0 Å². The van der Waals surface area contributed by atoms with E-state index in [0.717, 1.165) is 18.5 Å². The lowest BCUT2D eigenvalue weighted by Gasteiger charge is -2.37. The quantitative estimate of drug-likeness (QED) is 0.723. The zero-order valence-corrected chi connectivity index (χ0v) is 10.7. The van der Waals surface area contributed by atoms with Crippen LogP contribution in [0.2, 0.25) is 0 Å². The highest BCUT2D eigenvalue weighted by Crippen LogP contribution is 2.32. The Morgan fingerprint density at radius 3 is 2.72 bits per heavy atom. The van der Waals surface area contributed by atoms with Gasteiger partial charge in [-0.3, -0.25) is 14.3 Å². The van der Waals surface area contributed by atoms with Crippen molar-refractivity contribution < 1.29 is 9.59 Å². The summed E-state index contributed by atoms with van der Waals surface area (Å²) in [6, 6.07) is 1.74. The fourth-order valence-corrected chi connectivity index (χ4v) is 2.44. The van der Waals surface area contributed by atoms with Gasteiger partial charge in [0.25, 0.3) is 0 Å². The Bertz CT molecular complexity index is 468. The first kappa shape index (κ1) is 12.6. The normalized spacial score (nSPS) is 24.0. The maximum absolute atomic E-state index is 11.9. The molecule has 6 heteroatoms. The Hall–Kier alpha value is -1.85. The zero-order valence-electron chi connectivity index (χ0n) is 10.7. The van der Waals surface area contributed by atoms with Gasteiger partial charge in [0.15, 0.2) is 0 Å². The number of aryl methyl sites for hydroxylation is 1. The van der Waals surface area contributed by atoms with Gasteiger partial charge < -0.3 is 10.6 Å². The van der Waals surface area contributed by atoms with E-state index < -0.39 is 11.8 Å². The molecule has 0 aromatic carbocycles. The van der Waals surface area contributed by atoms with Crippen LogP contribution in [0, 0.1) is 5.92 Å². The molecule has 0 bridgehead atoms. The van der Waals surface area contributed by atoms with E-state index in [1.807, 2.05) is 19.3 Å². The molecule has 1 aromatic rings. The minimum atomic E-state index is -0.898. The van der Waals surface area contributed by atoms with Crippen molar-refractivity contribution in [2.24, 2.45) is 18.7 Å². The highest BCUT2D eigenvalue weighted by atomic mass is 16.2. The van der Waals surface area contributed by atoms with Crippen molar-refractivity contribution in [3.63, 3.8) is 0 Å². The average Bonchev–Trinajstić information content (AvgIpc) is 2.74. The number of nitrogens with two attached hydrogens (primary N) is 1. The van der Waals surface area contributed by atoms with Gasteiger partial charge in [-0.25, -0.2) is 0 Å². The van der Waals surface area contributed by atoms with Crippen LogP contribution in [-0.2, 0) is 16.6 Å². The lowest BCUT2D eigenvalue weighted by Crippen LogP contribution is -2.47. The van der Waals surface area contributed by atoms with Crippen molar-refractivity contribution >= 4 is 11.8 Å². The van der Waals surface area contributed by atoms with E-state index in [0.29, 0.717) is 12.5 Å². The number of rotatable bonds is 1. The second-order valence-electron chi connectivity index (χ2n) is 4.93. The molecule has 18 heavy (non-hydrogen) atoms. The summed E-state index contributed by atoms with van der Waals surface area (Å²) in [4.78, 5) is 24.5. The molecule has 1 fully saturated rings. The Morgan fingerprint density at radius 1 is 1.44 bits per heavy atom. The topological polar surface area (TPSA) is 81.2 Å². The minimum absolute atomic E-state index is 0.137. The van der Waals surface area contributed by atoms with E-state index in [2.05, 4.69) is 12.0 Å². The first-order valence-corrected chi connectivity index (χ1v) is 6.09. The molecular formula is C12H18N4O2. The summed E-state index contributed by atoms with van der Waals surface area (Å²) in [5, 5.41) is 4.32. The van der Waals surface area contributed by atoms with E-state index in [4.69, 9.17) is 5.73 Å². The summed E-state index contributed by atoms with van der Waals surface area (Å²) in [5.41, 5.74) is 5.92. The van der Waals surface area contributed by atoms with Crippen molar-refractivity contribution in [3.05, 3.63) is 18.0 Å². The Balaban J connectivity index is 2.26. The fraction of sp³-hybridized carbons (Fsp3) is 0.583. The molecule has 1 aliphatic rings. The number of primary amides is 1. The lowest BCUT2D eigenvalue weighted by atomic mass is 9.92. The number of hydrogen-bond acceptors (Lipinski definition) is 3. The van der Waals surface area contributed by atoms with Gasteiger partial charge in [-0.2, -0.15) is 5.10 Å². The summed E-state index contributed by atoms with van der Waals surface area (Å²) >= 11 is 0. The average molecular weight is 250 g/mol. The number of aromatic nitrogens is 2. The predicted octanol–water partition coefficient (Wildman–Crippen LogP) is 0.205. The number of nitrogens with zero attached hydrogens (tertiary/aromatic N) is 3. The fourth-order valence-electron chi connectivity index (χ4n) is 2.44. The van der Waals surface area contributed by atoms with E-state index in [-0.39, 0.29) is 6.04 Å². The number of hydrogen-bond donors (Lipinski definition) is 1. The molecule has 0 radical (unpaired) electrons. The summed E-state index contributed by atoms with van der Waals surface area (Å²) < 4.78 is 1.69. The van der Waals surface area contributed by atoms with Gasteiger partial charge in [0.2, 0.25) is 0 Å². The molecule has 0 aliphatic carbocycles. The molecule has 6 nitrogen and oxygen atoms in total. The van der Waals surface area contributed by atoms with Gasteiger partial charge in [0.05, 0.1) is 11.7 Å². The number of carbonyl (C=O) groups excluding carboxylic acids is 2. The van der Waals surface area contributed by atoms with Crippen molar-refractivity contribution in [1.82, 2.24) is 14.7 Å². The van der Waals surface area contributed by atoms with Gasteiger partial charge in [0.1, 0.15) is 0 Å². The van der Waals surface area contributed by atoms with E-state index in [9.17, 15) is 9.59 Å². The van der Waals surface area contributed by atoms with E-state index in [1.165, 1.54) is 0 Å². The van der Waals surface area contributed by atoms with Crippen molar-refractivity contribution in [3.8, 4) is 0 Å². The molecule has 0 saturated carbocycles. The summed E-state index contributed by atoms with van der Waals surface area (Å²) in [5.74, 6) is -1.13. The van der Waals surface area contributed by atoms with Gasteiger partial charge in [-0.1, -0.05) is 6.92 Å². The number of likely N-dealkylation sites (tertiary alicyclic amines) is 1. The van der Waals surface area contributed by atoms with E-state index in [1.54, 1.807) is 9.58 Å². The van der Waals surface area contributed by atoms with E-state index >= 15 is 0 Å². The molecule has 0 spiro atoms. The van der Waals surface area contributed by atoms with Crippen LogP contribution in [0.5, 0.6) is 0 Å². The third-order valence-electron chi connectivity index (χ3n) is 3.36. The van der Waals surface area contributed by atoms with Crippen LogP contribution in [0.1, 0.15) is 31.5 Å². The second kappa shape index (κ2) is 4.80. The summed E-state index contributed by atoms with van der Waals surface area (Å²) in [6.45, 7) is 2.62. The molecule has 1 aromatic heterocycles. The van der Waals surface area contributed by atoms with Crippen molar-refractivity contribution in [1.29, 1.82) is 0 Å². The number of amides is 2. The maximum atomic E-state index is 11.9. The summed E-state index contributed by atoms with van der Waals surface area (Å²) in [7, 11) is 1.83. The number of carbonyl (C=O) groups is 2. The molecule has 1 saturated heterocycles. The van der Waals surface area contributed by atoms with Crippen LogP contribution in [0.15, 0.2) is 12.3 Å². The number of piperidine rings is 1. The molecule has 2 amide bonds. The monoisotopic (exact) mass is 250 g/mol. The van der Waals surface area contributed by atoms with Crippen molar-refractivity contribution in [2.75, 3.05) is 6.54 Å². The maximum Gasteiger partial charge on any atom is 0.312 e. The minimum Gasteiger partial charge on any atom is -0.361 e. The van der Waals surface area contributed by atoms with Crippen LogP contribution in [-0.4, -0.2) is 33.0 Å². The predicted molar refractivity (Wildman–Crippen MR) is 65.3 cm³/mol.